The molecule has 7 aliphatic rings. The molecular formula is C97H176F11N11O. The predicted octanol–water partition coefficient (Wildman–Crippen LogP) is 25.6. The maximum Gasteiger partial charge on any atom is 0.316 e. The monoisotopic (exact) mass is 1720 g/mol. The lowest BCUT2D eigenvalue weighted by atomic mass is 9.81. The first-order valence-electron chi connectivity index (χ1n) is 44.3. The van der Waals surface area contributed by atoms with Crippen LogP contribution in [0.5, 0.6) is 6.01 Å². The number of hydrogen-bond donors (Lipinski definition) is 0. The summed E-state index contributed by atoms with van der Waals surface area (Å²) in [6.07, 6.45) is 15.0. The van der Waals surface area contributed by atoms with Crippen LogP contribution in [0.1, 0.15) is 349 Å². The van der Waals surface area contributed by atoms with Crippen molar-refractivity contribution in [2.75, 3.05) is 98.7 Å². The van der Waals surface area contributed by atoms with E-state index in [1.165, 1.54) is 38.1 Å². The van der Waals surface area contributed by atoms with Gasteiger partial charge in [-0.25, -0.2) is 68.2 Å². The SMILES string of the molecule is CC(C)(C)N1CC(F)(F)C1.CC(C)(C)c1ccc(C(C)(F)F)cc1.CC(F)(F)C1CCN(C(C)(C)C)CC1.CC(F)(F)C1CN(C(C)(C)C)C1.CC1(C)CCN(C(C)(C)C)CC1.CC1(F)CCCN(C(C)(C)C)C1.CC1(F)CCN(C(C)(C)C)C1.CC1(F)CCN(C(C)(C)C)CC1.COc1ncc(C(C)(C)C)cn1.Cc1cnc(C(C)(C)C)nc1. The van der Waals surface area contributed by atoms with Gasteiger partial charge < -0.3 is 4.74 Å². The highest BCUT2D eigenvalue weighted by Gasteiger charge is 2.49. The molecule has 1 aromatic carbocycles. The van der Waals surface area contributed by atoms with Gasteiger partial charge in [0.15, 0.2) is 0 Å². The highest BCUT2D eigenvalue weighted by Crippen LogP contribution is 2.40. The number of benzene rings is 1. The molecule has 0 saturated carbocycles. The third kappa shape index (κ3) is 44.5. The van der Waals surface area contributed by atoms with Crippen molar-refractivity contribution in [2.45, 2.75) is 424 Å². The topological polar surface area (TPSA) is 83.5 Å². The molecule has 702 valence electrons. The molecular weight excluding hydrogens is 1540 g/mol. The number of piperidine rings is 4. The van der Waals surface area contributed by atoms with Gasteiger partial charge in [0.05, 0.1) is 20.2 Å². The molecule has 0 N–H and O–H groups in total. The normalized spacial score (nSPS) is 22.5. The van der Waals surface area contributed by atoms with Crippen LogP contribution in [0.25, 0.3) is 0 Å². The van der Waals surface area contributed by atoms with Crippen LogP contribution in [0.3, 0.4) is 0 Å². The quantitative estimate of drug-likeness (QED) is 0.233. The average Bonchev–Trinajstić information content (AvgIpc) is 1.11. The third-order valence-corrected chi connectivity index (χ3v) is 23.7. The molecule has 23 heteroatoms. The molecule has 12 nitrogen and oxygen atoms in total. The summed E-state index contributed by atoms with van der Waals surface area (Å²) >= 11 is 0. The molecule has 7 saturated heterocycles. The lowest BCUT2D eigenvalue weighted by molar-refractivity contribution is -0.160. The van der Waals surface area contributed by atoms with Crippen molar-refractivity contribution < 1.29 is 53.0 Å². The van der Waals surface area contributed by atoms with Crippen LogP contribution in [-0.2, 0) is 22.2 Å². The first kappa shape index (κ1) is 114. The van der Waals surface area contributed by atoms with Gasteiger partial charge in [-0.2, -0.15) is 0 Å². The Labute approximate surface area is 726 Å². The van der Waals surface area contributed by atoms with E-state index in [0.29, 0.717) is 75.2 Å². The zero-order valence-electron chi connectivity index (χ0n) is 83.5. The number of halogens is 11. The summed E-state index contributed by atoms with van der Waals surface area (Å²) < 4.78 is 147. The van der Waals surface area contributed by atoms with E-state index in [4.69, 9.17) is 4.74 Å². The molecule has 3 aromatic rings. The average molecular weight is 1720 g/mol. The van der Waals surface area contributed by atoms with E-state index in [-0.39, 0.29) is 68.1 Å². The Balaban J connectivity index is 0.000000667. The second kappa shape index (κ2) is 43.8. The molecule has 9 heterocycles. The van der Waals surface area contributed by atoms with Gasteiger partial charge in [0.1, 0.15) is 22.8 Å². The van der Waals surface area contributed by atoms with E-state index in [1.54, 1.807) is 57.3 Å². The molecule has 2 aromatic heterocycles. The molecule has 0 aliphatic carbocycles. The van der Waals surface area contributed by atoms with E-state index < -0.39 is 52.5 Å². The molecule has 10 rings (SSSR count). The number of aromatic nitrogens is 4. The molecule has 0 bridgehead atoms. The zero-order chi connectivity index (χ0) is 94.1. The fourth-order valence-electron chi connectivity index (χ4n) is 13.9. The Morgan fingerprint density at radius 3 is 0.925 bits per heavy atom. The minimum absolute atomic E-state index is 0.0154. The lowest BCUT2D eigenvalue weighted by Crippen LogP contribution is -2.62. The molecule has 7 fully saturated rings. The van der Waals surface area contributed by atoms with Crippen LogP contribution in [0.15, 0.2) is 49.1 Å². The molecule has 0 spiro atoms. The largest absolute Gasteiger partial charge is 0.467 e. The van der Waals surface area contributed by atoms with E-state index in [2.05, 4.69) is 250 Å². The van der Waals surface area contributed by atoms with Crippen LogP contribution in [0, 0.1) is 24.2 Å². The van der Waals surface area contributed by atoms with Gasteiger partial charge in [-0.1, -0.05) is 100 Å². The van der Waals surface area contributed by atoms with Crippen molar-refractivity contribution in [1.82, 2.24) is 54.2 Å². The number of hydrogen-bond acceptors (Lipinski definition) is 12. The summed E-state index contributed by atoms with van der Waals surface area (Å²) in [4.78, 5) is 32.1. The number of alkyl halides is 11. The minimum Gasteiger partial charge on any atom is -0.467 e. The standard InChI is InChI=1S/C12H16F2.C11H21F2N.C11H23N.2C10H20FN.C9H17F2N.C9H18FN.C9H14N2O.C9H14N2.C7H13F2N/c1-11(2,3)9-5-7-10(8-6-9)12(4,13)14;1-10(2,3)14-7-5-9(6-8-14)11(4,12)13;1-10(2,3)12-8-6-11(4,5)7-9-12;1-9(2,3)12-7-5-10(4,11)6-8-12;1-9(2,3)12-7-5-6-10(4,11)8-12;1-8(2,3)12-5-7(6-12)9(4,10)11;1-8(2,3)11-6-5-9(4,10)7-11;1-9(2,3)7-5-10-8(12-4)11-6-7;1-7-5-10-8(11-6-7)9(2,3)4;1-6(2,3)10-4-7(8,9)5-10/h5-8H,1-4H3;9H,5-8H2,1-4H3;6-9H2,1-5H3;2*5-8H2,1-4H3;7H,5-6H2,1-4H3;5-7H2,1-4H3;5-6H,1-4H3;5-6H,1-4H3;4-5H2,1-3H3. The summed E-state index contributed by atoms with van der Waals surface area (Å²) in [6, 6.07) is 6.96. The smallest absolute Gasteiger partial charge is 0.316 e. The van der Waals surface area contributed by atoms with Gasteiger partial charge in [-0.15, -0.1) is 0 Å². The van der Waals surface area contributed by atoms with E-state index >= 15 is 0 Å². The first-order valence-corrected chi connectivity index (χ1v) is 44.3. The highest BCUT2D eigenvalue weighted by atomic mass is 19.3. The predicted molar refractivity (Wildman–Crippen MR) is 484 cm³/mol. The van der Waals surface area contributed by atoms with Gasteiger partial charge in [0.2, 0.25) is 5.92 Å². The third-order valence-electron chi connectivity index (χ3n) is 23.7. The fourth-order valence-corrected chi connectivity index (χ4v) is 13.9. The Morgan fingerprint density at radius 1 is 0.333 bits per heavy atom. The van der Waals surface area contributed by atoms with E-state index in [9.17, 15) is 48.3 Å². The van der Waals surface area contributed by atoms with Gasteiger partial charge >= 0.3 is 6.01 Å². The molecule has 2 unspecified atom stereocenters. The lowest BCUT2D eigenvalue weighted by Gasteiger charge is -2.49. The Kier molecular flexibility index (Phi) is 41.6. The Morgan fingerprint density at radius 2 is 0.650 bits per heavy atom. The number of methoxy groups -OCH3 is 1. The summed E-state index contributed by atoms with van der Waals surface area (Å²) in [5.41, 5.74) is 2.20. The number of nitrogens with zero attached hydrogens (tertiary/aromatic N) is 11. The summed E-state index contributed by atoms with van der Waals surface area (Å²) in [7, 11) is 1.56. The van der Waals surface area contributed by atoms with Gasteiger partial charge in [-0.3, -0.25) is 34.3 Å². The number of ether oxygens (including phenoxy) is 1. The zero-order valence-corrected chi connectivity index (χ0v) is 83.5. The number of rotatable bonds is 4. The summed E-state index contributed by atoms with van der Waals surface area (Å²) in [5, 5.41) is 0. The van der Waals surface area contributed by atoms with Crippen molar-refractivity contribution in [3.8, 4) is 6.01 Å². The molecule has 0 radical (unpaired) electrons. The van der Waals surface area contributed by atoms with Gasteiger partial charge in [-0.05, 0) is 310 Å². The van der Waals surface area contributed by atoms with Crippen molar-refractivity contribution >= 4 is 0 Å². The summed E-state index contributed by atoms with van der Waals surface area (Å²) in [5.74, 6) is -10.1. The molecule has 0 amide bonds. The van der Waals surface area contributed by atoms with Crippen LogP contribution in [0.2, 0.25) is 0 Å². The highest BCUT2D eigenvalue weighted by molar-refractivity contribution is 5.29. The second-order valence-corrected chi connectivity index (χ2v) is 47.0. The molecule has 2 atom stereocenters. The van der Waals surface area contributed by atoms with Crippen molar-refractivity contribution in [3.05, 3.63) is 77.1 Å². The van der Waals surface area contributed by atoms with Crippen LogP contribution >= 0.6 is 0 Å². The van der Waals surface area contributed by atoms with Crippen LogP contribution in [-0.4, -0.2) is 227 Å². The summed E-state index contributed by atoms with van der Waals surface area (Å²) in [6.45, 7) is 88.5. The maximum atomic E-state index is 13.6. The number of likely N-dealkylation sites (tertiary alicyclic amines) is 7. The van der Waals surface area contributed by atoms with Crippen molar-refractivity contribution in [1.29, 1.82) is 0 Å². The van der Waals surface area contributed by atoms with Crippen LogP contribution < -0.4 is 4.74 Å². The van der Waals surface area contributed by atoms with Crippen molar-refractivity contribution in [2.24, 2.45) is 17.3 Å². The maximum absolute atomic E-state index is 13.6. The van der Waals surface area contributed by atoms with Crippen molar-refractivity contribution in [3.63, 3.8) is 0 Å². The Bertz CT molecular complexity index is 3210. The molecule has 7 aliphatic heterocycles. The van der Waals surface area contributed by atoms with Gasteiger partial charge in [0, 0.05) is 139 Å². The Hall–Kier alpha value is -3.87. The minimum atomic E-state index is -2.74. The number of aryl methyl sites for hydroxylation is 1. The molecule has 120 heavy (non-hydrogen) atoms. The van der Waals surface area contributed by atoms with Gasteiger partial charge in [0.25, 0.3) is 17.8 Å². The van der Waals surface area contributed by atoms with E-state index in [0.717, 1.165) is 95.4 Å². The first-order chi connectivity index (χ1) is 53.2. The van der Waals surface area contributed by atoms with E-state index in [1.807, 2.05) is 40.1 Å². The fraction of sp³-hybridized carbons (Fsp3) is 0.856. The second-order valence-electron chi connectivity index (χ2n) is 47.0. The van der Waals surface area contributed by atoms with Crippen LogP contribution in [0.4, 0.5) is 48.3 Å².